The van der Waals surface area contributed by atoms with Crippen molar-refractivity contribution in [2.45, 2.75) is 19.3 Å². The summed E-state index contributed by atoms with van der Waals surface area (Å²) in [7, 11) is 0. The molecule has 1 amide bonds. The zero-order chi connectivity index (χ0) is 14.2. The number of fused-ring (bicyclic) bond motifs is 2. The largest absolute Gasteiger partial charge is 0.484 e. The van der Waals surface area contributed by atoms with E-state index in [-0.39, 0.29) is 24.9 Å². The normalized spacial score (nSPS) is 25.5. The van der Waals surface area contributed by atoms with Crippen LogP contribution >= 0.6 is 12.4 Å². The van der Waals surface area contributed by atoms with Crippen molar-refractivity contribution in [3.05, 3.63) is 29.3 Å². The molecule has 1 aromatic carbocycles. The number of nitrogens with zero attached hydrogens (tertiary/aromatic N) is 1. The van der Waals surface area contributed by atoms with Gasteiger partial charge in [-0.25, -0.2) is 0 Å². The van der Waals surface area contributed by atoms with E-state index in [1.807, 2.05) is 11.0 Å². The van der Waals surface area contributed by atoms with E-state index in [1.54, 1.807) is 0 Å². The highest BCUT2D eigenvalue weighted by atomic mass is 35.5. The van der Waals surface area contributed by atoms with E-state index < -0.39 is 0 Å². The molecule has 0 bridgehead atoms. The second-order valence-electron chi connectivity index (χ2n) is 6.55. The Morgan fingerprint density at radius 3 is 2.68 bits per heavy atom. The van der Waals surface area contributed by atoms with E-state index in [0.29, 0.717) is 11.8 Å². The van der Waals surface area contributed by atoms with Crippen molar-refractivity contribution in [3.8, 4) is 5.75 Å². The van der Waals surface area contributed by atoms with Gasteiger partial charge in [-0.15, -0.1) is 12.4 Å². The molecular weight excluding hydrogens is 300 g/mol. The minimum Gasteiger partial charge on any atom is -0.484 e. The Balaban J connectivity index is 0.00000144. The fourth-order valence-electron chi connectivity index (χ4n) is 3.93. The number of halogens is 1. The molecule has 1 N–H and O–H groups in total. The average molecular weight is 323 g/mol. The van der Waals surface area contributed by atoms with Crippen LogP contribution in [0.15, 0.2) is 18.2 Å². The SMILES string of the molecule is Cl.O=C(COc1ccc2c(c1)CCC2)N1C[C@H]2CNC[C@H]2C1. The zero-order valence-corrected chi connectivity index (χ0v) is 13.5. The lowest BCUT2D eigenvalue weighted by Crippen LogP contribution is -2.35. The number of carbonyl (C=O) groups is 1. The smallest absolute Gasteiger partial charge is 0.260 e. The molecule has 2 atom stereocenters. The Morgan fingerprint density at radius 2 is 1.91 bits per heavy atom. The summed E-state index contributed by atoms with van der Waals surface area (Å²) >= 11 is 0. The molecule has 0 spiro atoms. The molecule has 22 heavy (non-hydrogen) atoms. The van der Waals surface area contributed by atoms with E-state index in [4.69, 9.17) is 4.74 Å². The maximum Gasteiger partial charge on any atom is 0.260 e. The highest BCUT2D eigenvalue weighted by molar-refractivity contribution is 5.85. The summed E-state index contributed by atoms with van der Waals surface area (Å²) in [5, 5.41) is 3.40. The van der Waals surface area contributed by atoms with Gasteiger partial charge in [0.15, 0.2) is 6.61 Å². The van der Waals surface area contributed by atoms with Crippen molar-refractivity contribution in [2.75, 3.05) is 32.8 Å². The van der Waals surface area contributed by atoms with Gasteiger partial charge in [0, 0.05) is 26.2 Å². The third kappa shape index (κ3) is 2.95. The molecular formula is C17H23ClN2O2. The van der Waals surface area contributed by atoms with E-state index >= 15 is 0 Å². The summed E-state index contributed by atoms with van der Waals surface area (Å²) in [6, 6.07) is 6.26. The second kappa shape index (κ2) is 6.47. The van der Waals surface area contributed by atoms with Crippen molar-refractivity contribution < 1.29 is 9.53 Å². The fraction of sp³-hybridized carbons (Fsp3) is 0.588. The molecule has 2 heterocycles. The third-order valence-electron chi connectivity index (χ3n) is 5.17. The van der Waals surface area contributed by atoms with Gasteiger partial charge in [-0.2, -0.15) is 0 Å². The van der Waals surface area contributed by atoms with Crippen molar-refractivity contribution in [2.24, 2.45) is 11.8 Å². The Hall–Kier alpha value is -1.26. The molecule has 2 saturated heterocycles. The molecule has 1 aromatic rings. The summed E-state index contributed by atoms with van der Waals surface area (Å²) < 4.78 is 5.72. The Labute approximate surface area is 137 Å². The minimum atomic E-state index is 0. The van der Waals surface area contributed by atoms with Crippen LogP contribution in [-0.2, 0) is 17.6 Å². The van der Waals surface area contributed by atoms with Crippen LogP contribution in [0.4, 0.5) is 0 Å². The number of benzene rings is 1. The van der Waals surface area contributed by atoms with Gasteiger partial charge < -0.3 is 15.0 Å². The molecule has 0 saturated carbocycles. The highest BCUT2D eigenvalue weighted by Crippen LogP contribution is 2.27. The maximum absolute atomic E-state index is 12.3. The Kier molecular flexibility index (Phi) is 4.59. The van der Waals surface area contributed by atoms with Gasteiger partial charge in [0.1, 0.15) is 5.75 Å². The lowest BCUT2D eigenvalue weighted by atomic mass is 10.0. The van der Waals surface area contributed by atoms with Gasteiger partial charge in [0.25, 0.3) is 5.91 Å². The van der Waals surface area contributed by atoms with Gasteiger partial charge >= 0.3 is 0 Å². The average Bonchev–Trinajstić information content (AvgIpc) is 3.18. The monoisotopic (exact) mass is 322 g/mol. The van der Waals surface area contributed by atoms with Crippen molar-refractivity contribution in [1.82, 2.24) is 10.2 Å². The predicted molar refractivity (Wildman–Crippen MR) is 87.6 cm³/mol. The van der Waals surface area contributed by atoms with Crippen molar-refractivity contribution >= 4 is 18.3 Å². The van der Waals surface area contributed by atoms with Gasteiger partial charge in [-0.3, -0.25) is 4.79 Å². The van der Waals surface area contributed by atoms with Gasteiger partial charge in [0.05, 0.1) is 0 Å². The number of aryl methyl sites for hydroxylation is 2. The summed E-state index contributed by atoms with van der Waals surface area (Å²) in [6.45, 7) is 4.07. The highest BCUT2D eigenvalue weighted by Gasteiger charge is 2.37. The molecule has 3 aliphatic rings. The van der Waals surface area contributed by atoms with Crippen LogP contribution in [0.2, 0.25) is 0 Å². The summed E-state index contributed by atoms with van der Waals surface area (Å²) in [4.78, 5) is 14.2. The second-order valence-corrected chi connectivity index (χ2v) is 6.55. The first-order valence-electron chi connectivity index (χ1n) is 8.03. The van der Waals surface area contributed by atoms with Gasteiger partial charge in [0.2, 0.25) is 0 Å². The summed E-state index contributed by atoms with van der Waals surface area (Å²) in [5.74, 6) is 2.26. The van der Waals surface area contributed by atoms with E-state index in [1.165, 1.54) is 24.0 Å². The number of hydrogen-bond acceptors (Lipinski definition) is 3. The lowest BCUT2D eigenvalue weighted by Gasteiger charge is -2.18. The number of ether oxygens (including phenoxy) is 1. The van der Waals surface area contributed by atoms with E-state index in [9.17, 15) is 4.79 Å². The number of rotatable bonds is 3. The molecule has 1 aliphatic carbocycles. The van der Waals surface area contributed by atoms with Crippen molar-refractivity contribution in [1.29, 1.82) is 0 Å². The molecule has 120 valence electrons. The lowest BCUT2D eigenvalue weighted by molar-refractivity contribution is -0.132. The van der Waals surface area contributed by atoms with E-state index in [0.717, 1.165) is 38.3 Å². The van der Waals surface area contributed by atoms with Crippen molar-refractivity contribution in [3.63, 3.8) is 0 Å². The number of nitrogens with one attached hydrogen (secondary N) is 1. The minimum absolute atomic E-state index is 0. The molecule has 2 aliphatic heterocycles. The van der Waals surface area contributed by atoms with Crippen LogP contribution in [-0.4, -0.2) is 43.6 Å². The topological polar surface area (TPSA) is 41.6 Å². The third-order valence-corrected chi connectivity index (χ3v) is 5.17. The molecule has 0 unspecified atom stereocenters. The molecule has 0 aromatic heterocycles. The van der Waals surface area contributed by atoms with E-state index in [2.05, 4.69) is 17.4 Å². The van der Waals surface area contributed by atoms with Crippen LogP contribution in [0.3, 0.4) is 0 Å². The number of likely N-dealkylation sites (tertiary alicyclic amines) is 1. The molecule has 0 radical (unpaired) electrons. The molecule has 5 heteroatoms. The number of amides is 1. The molecule has 4 nitrogen and oxygen atoms in total. The van der Waals surface area contributed by atoms with Crippen LogP contribution < -0.4 is 10.1 Å². The van der Waals surface area contributed by atoms with Crippen LogP contribution in [0.5, 0.6) is 5.75 Å². The number of carbonyl (C=O) groups excluding carboxylic acids is 1. The zero-order valence-electron chi connectivity index (χ0n) is 12.7. The van der Waals surface area contributed by atoms with Crippen LogP contribution in [0, 0.1) is 11.8 Å². The Morgan fingerprint density at radius 1 is 1.18 bits per heavy atom. The number of hydrogen-bond donors (Lipinski definition) is 1. The van der Waals surface area contributed by atoms with Crippen LogP contribution in [0.25, 0.3) is 0 Å². The van der Waals surface area contributed by atoms with Gasteiger partial charge in [-0.1, -0.05) is 6.07 Å². The molecule has 2 fully saturated rings. The van der Waals surface area contributed by atoms with Crippen LogP contribution in [0.1, 0.15) is 17.5 Å². The first-order valence-corrected chi connectivity index (χ1v) is 8.03. The summed E-state index contributed by atoms with van der Waals surface area (Å²) in [5.41, 5.74) is 2.83. The predicted octanol–water partition coefficient (Wildman–Crippen LogP) is 1.65. The standard InChI is InChI=1S/C17H22N2O2.ClH/c20-17(19-9-14-7-18-8-15(14)10-19)11-21-16-5-4-12-2-1-3-13(12)6-16;/h4-6,14-15,18H,1-3,7-11H2;1H/t14-,15+;. The first kappa shape index (κ1) is 15.6. The fourth-order valence-corrected chi connectivity index (χ4v) is 3.93. The Bertz CT molecular complexity index is 552. The first-order chi connectivity index (χ1) is 10.3. The maximum atomic E-state index is 12.3. The molecule has 4 rings (SSSR count). The van der Waals surface area contributed by atoms with Gasteiger partial charge in [-0.05, 0) is 54.4 Å². The summed E-state index contributed by atoms with van der Waals surface area (Å²) in [6.07, 6.45) is 3.56. The quantitative estimate of drug-likeness (QED) is 0.920.